The first-order valence-corrected chi connectivity index (χ1v) is 11.5. The maximum absolute atomic E-state index is 12.0. The summed E-state index contributed by atoms with van der Waals surface area (Å²) in [4.78, 5) is 12.2. The Labute approximate surface area is 165 Å². The van der Waals surface area contributed by atoms with Gasteiger partial charge in [-0.2, -0.15) is 0 Å². The van der Waals surface area contributed by atoms with Gasteiger partial charge in [0.1, 0.15) is 6.10 Å². The van der Waals surface area contributed by atoms with Gasteiger partial charge < -0.3 is 14.9 Å². The molecule has 148 valence electrons. The Kier molecular flexibility index (Phi) is 5.20. The molecule has 0 bridgehead atoms. The molecule has 0 spiro atoms. The molecule has 2 N–H and O–H groups in total. The van der Waals surface area contributed by atoms with E-state index >= 15 is 0 Å². The number of rotatable bonds is 2. The Morgan fingerprint density at radius 1 is 1.15 bits per heavy atom. The molecule has 5 unspecified atom stereocenters. The molecular formula is C21H33BrO4. The van der Waals surface area contributed by atoms with Gasteiger partial charge in [-0.1, -0.05) is 29.8 Å². The molecule has 0 aromatic rings. The van der Waals surface area contributed by atoms with Gasteiger partial charge in [-0.05, 0) is 74.5 Å². The van der Waals surface area contributed by atoms with Crippen LogP contribution < -0.4 is 0 Å². The standard InChI is InChI=1S/C21H33BrO4/c1-3-18(25)26-20-16(22)10-15-19-14(6-7-21(15,20)2)13-5-4-12(23)8-11(13)9-17(19)24/h11-17,19-20,23-24H,3-10H2,1-2H3/t11?,12-,13-,14?,15?,16+,17?,19?,20-,21-/m0/s1. The SMILES string of the molecule is CCC(=O)O[C@H]1[C@H](Br)CC2C3C(O)CC4C[C@@H](O)CC[C@@H]4C3CC[C@@]21C. The highest BCUT2D eigenvalue weighted by Gasteiger charge is 2.62. The first kappa shape index (κ1) is 19.2. The van der Waals surface area contributed by atoms with Crippen molar-refractivity contribution >= 4 is 21.9 Å². The van der Waals surface area contributed by atoms with Gasteiger partial charge in [0.25, 0.3) is 0 Å². The predicted octanol–water partition coefficient (Wildman–Crippen LogP) is 3.67. The Morgan fingerprint density at radius 2 is 1.92 bits per heavy atom. The Bertz CT molecular complexity index is 554. The number of hydrogen-bond acceptors (Lipinski definition) is 4. The molecule has 4 aliphatic carbocycles. The molecule has 0 heterocycles. The molecule has 4 nitrogen and oxygen atoms in total. The largest absolute Gasteiger partial charge is 0.461 e. The van der Waals surface area contributed by atoms with E-state index in [1.165, 1.54) is 0 Å². The lowest BCUT2D eigenvalue weighted by atomic mass is 9.49. The molecule has 4 saturated carbocycles. The second kappa shape index (κ2) is 7.04. The molecule has 0 saturated heterocycles. The summed E-state index contributed by atoms with van der Waals surface area (Å²) in [5, 5.41) is 21.1. The van der Waals surface area contributed by atoms with E-state index in [9.17, 15) is 15.0 Å². The van der Waals surface area contributed by atoms with Crippen LogP contribution in [0.1, 0.15) is 65.2 Å². The van der Waals surface area contributed by atoms with E-state index in [4.69, 9.17) is 4.74 Å². The van der Waals surface area contributed by atoms with Crippen LogP contribution in [0, 0.1) is 35.0 Å². The minimum atomic E-state index is -0.281. The summed E-state index contributed by atoms with van der Waals surface area (Å²) < 4.78 is 5.88. The van der Waals surface area contributed by atoms with E-state index in [1.54, 1.807) is 0 Å². The molecule has 4 rings (SSSR count). The quantitative estimate of drug-likeness (QED) is 0.519. The van der Waals surface area contributed by atoms with Crippen LogP contribution in [0.4, 0.5) is 0 Å². The third-order valence-corrected chi connectivity index (χ3v) is 9.23. The maximum Gasteiger partial charge on any atom is 0.305 e. The average Bonchev–Trinajstić information content (AvgIpc) is 2.85. The van der Waals surface area contributed by atoms with Gasteiger partial charge in [-0.15, -0.1) is 0 Å². The summed E-state index contributed by atoms with van der Waals surface area (Å²) in [5.74, 6) is 2.30. The van der Waals surface area contributed by atoms with Crippen molar-refractivity contribution in [3.63, 3.8) is 0 Å². The molecule has 4 fully saturated rings. The van der Waals surface area contributed by atoms with Crippen molar-refractivity contribution < 1.29 is 19.7 Å². The minimum absolute atomic E-state index is 0.0395. The summed E-state index contributed by atoms with van der Waals surface area (Å²) in [6.07, 6.45) is 6.77. The van der Waals surface area contributed by atoms with E-state index < -0.39 is 0 Å². The monoisotopic (exact) mass is 428 g/mol. The number of halogens is 1. The van der Waals surface area contributed by atoms with E-state index in [2.05, 4.69) is 22.9 Å². The number of carbonyl (C=O) groups excluding carboxylic acids is 1. The van der Waals surface area contributed by atoms with Crippen molar-refractivity contribution in [3.8, 4) is 0 Å². The molecule has 26 heavy (non-hydrogen) atoms. The minimum Gasteiger partial charge on any atom is -0.461 e. The van der Waals surface area contributed by atoms with Gasteiger partial charge in [0.05, 0.1) is 17.0 Å². The highest BCUT2D eigenvalue weighted by Crippen LogP contribution is 2.63. The number of fused-ring (bicyclic) bond motifs is 5. The fourth-order valence-electron chi connectivity index (χ4n) is 7.20. The molecule has 0 amide bonds. The average molecular weight is 429 g/mol. The van der Waals surface area contributed by atoms with Crippen LogP contribution in [0.3, 0.4) is 0 Å². The van der Waals surface area contributed by atoms with Crippen LogP contribution in [0.25, 0.3) is 0 Å². The smallest absolute Gasteiger partial charge is 0.305 e. The van der Waals surface area contributed by atoms with Crippen molar-refractivity contribution in [1.29, 1.82) is 0 Å². The molecule has 4 aliphatic rings. The molecule has 10 atom stereocenters. The summed E-state index contributed by atoms with van der Waals surface area (Å²) in [5.41, 5.74) is -0.0395. The van der Waals surface area contributed by atoms with Crippen molar-refractivity contribution in [2.45, 2.75) is 88.4 Å². The first-order chi connectivity index (χ1) is 12.3. The van der Waals surface area contributed by atoms with Gasteiger partial charge >= 0.3 is 5.97 Å². The van der Waals surface area contributed by atoms with E-state index in [0.29, 0.717) is 36.0 Å². The fraction of sp³-hybridized carbons (Fsp3) is 0.952. The fourth-order valence-corrected chi connectivity index (χ4v) is 8.32. The van der Waals surface area contributed by atoms with Crippen LogP contribution in [0.15, 0.2) is 0 Å². The summed E-state index contributed by atoms with van der Waals surface area (Å²) in [6.45, 7) is 4.13. The topological polar surface area (TPSA) is 66.8 Å². The Morgan fingerprint density at radius 3 is 2.65 bits per heavy atom. The summed E-state index contributed by atoms with van der Waals surface area (Å²) >= 11 is 3.81. The van der Waals surface area contributed by atoms with Crippen LogP contribution in [0.2, 0.25) is 0 Å². The summed E-state index contributed by atoms with van der Waals surface area (Å²) in [7, 11) is 0. The molecule has 5 heteroatoms. The third-order valence-electron chi connectivity index (χ3n) is 8.38. The lowest BCUT2D eigenvalue weighted by molar-refractivity contribution is -0.166. The predicted molar refractivity (Wildman–Crippen MR) is 103 cm³/mol. The highest BCUT2D eigenvalue weighted by molar-refractivity contribution is 9.09. The van der Waals surface area contributed by atoms with E-state index in [1.807, 2.05) is 6.92 Å². The first-order valence-electron chi connectivity index (χ1n) is 10.5. The number of aliphatic hydroxyl groups excluding tert-OH is 2. The number of alkyl halides is 1. The van der Waals surface area contributed by atoms with Crippen LogP contribution in [0.5, 0.6) is 0 Å². The number of aliphatic hydroxyl groups is 2. The Balaban J connectivity index is 1.58. The van der Waals surface area contributed by atoms with Gasteiger partial charge in [0.15, 0.2) is 0 Å². The second-order valence-corrected chi connectivity index (χ2v) is 10.8. The molecular weight excluding hydrogens is 396 g/mol. The zero-order valence-electron chi connectivity index (χ0n) is 15.9. The number of hydrogen-bond donors (Lipinski definition) is 2. The highest BCUT2D eigenvalue weighted by atomic mass is 79.9. The van der Waals surface area contributed by atoms with Crippen LogP contribution >= 0.6 is 15.9 Å². The molecule has 0 aromatic carbocycles. The zero-order valence-corrected chi connectivity index (χ0v) is 17.5. The normalized spacial score (nSPS) is 53.3. The molecule has 0 radical (unpaired) electrons. The second-order valence-electron chi connectivity index (χ2n) is 9.60. The van der Waals surface area contributed by atoms with Crippen molar-refractivity contribution in [2.75, 3.05) is 0 Å². The summed E-state index contributed by atoms with van der Waals surface area (Å²) in [6, 6.07) is 0. The van der Waals surface area contributed by atoms with Gasteiger partial charge in [-0.25, -0.2) is 0 Å². The van der Waals surface area contributed by atoms with E-state index in [0.717, 1.165) is 44.9 Å². The third kappa shape index (κ3) is 2.97. The van der Waals surface area contributed by atoms with Crippen molar-refractivity contribution in [1.82, 2.24) is 0 Å². The van der Waals surface area contributed by atoms with Crippen LogP contribution in [-0.2, 0) is 9.53 Å². The van der Waals surface area contributed by atoms with Crippen LogP contribution in [-0.4, -0.2) is 39.3 Å². The van der Waals surface area contributed by atoms with Gasteiger partial charge in [0, 0.05) is 11.8 Å². The lowest BCUT2D eigenvalue weighted by Crippen LogP contribution is -2.55. The number of ether oxygens (including phenoxy) is 1. The number of carbonyl (C=O) groups is 1. The molecule has 0 aliphatic heterocycles. The number of esters is 1. The lowest BCUT2D eigenvalue weighted by Gasteiger charge is -2.57. The Hall–Kier alpha value is -0.130. The van der Waals surface area contributed by atoms with E-state index in [-0.39, 0.29) is 34.5 Å². The maximum atomic E-state index is 12.0. The zero-order chi connectivity index (χ0) is 18.6. The molecule has 0 aromatic heterocycles. The van der Waals surface area contributed by atoms with Gasteiger partial charge in [0.2, 0.25) is 0 Å². The van der Waals surface area contributed by atoms with Crippen molar-refractivity contribution in [2.24, 2.45) is 35.0 Å². The van der Waals surface area contributed by atoms with Gasteiger partial charge in [-0.3, -0.25) is 4.79 Å². The van der Waals surface area contributed by atoms with Crippen molar-refractivity contribution in [3.05, 3.63) is 0 Å².